The smallest absolute Gasteiger partial charge is 0.159 e. The summed E-state index contributed by atoms with van der Waals surface area (Å²) in [5, 5.41) is 6.94. The van der Waals surface area contributed by atoms with Gasteiger partial charge in [-0.1, -0.05) is 23.2 Å². The number of hydrogen-bond acceptors (Lipinski definition) is 5. The fourth-order valence-electron chi connectivity index (χ4n) is 1.98. The van der Waals surface area contributed by atoms with Crippen molar-refractivity contribution < 1.29 is 4.39 Å². The summed E-state index contributed by atoms with van der Waals surface area (Å²) < 4.78 is 13.0. The fraction of sp³-hybridized carbons (Fsp3) is 0. The molecule has 0 bridgehead atoms. The van der Waals surface area contributed by atoms with E-state index >= 15 is 0 Å². The predicted octanol–water partition coefficient (Wildman–Crippen LogP) is 4.99. The van der Waals surface area contributed by atoms with Crippen LogP contribution in [0.3, 0.4) is 0 Å². The van der Waals surface area contributed by atoms with Gasteiger partial charge in [0.05, 0.1) is 10.0 Å². The van der Waals surface area contributed by atoms with Gasteiger partial charge in [0.2, 0.25) is 0 Å². The lowest BCUT2D eigenvalue weighted by molar-refractivity contribution is 0.628. The van der Waals surface area contributed by atoms with Crippen LogP contribution < -0.4 is 16.4 Å². The Balaban J connectivity index is 1.84. The number of nitrogen functional groups attached to an aromatic ring is 1. The molecule has 24 heavy (non-hydrogen) atoms. The van der Waals surface area contributed by atoms with Crippen LogP contribution in [0.15, 0.2) is 48.8 Å². The summed E-state index contributed by atoms with van der Waals surface area (Å²) in [6.45, 7) is 0. The minimum atomic E-state index is -0.321. The van der Waals surface area contributed by atoms with Gasteiger partial charge in [-0.25, -0.2) is 14.4 Å². The molecule has 1 aromatic heterocycles. The Morgan fingerprint density at radius 1 is 0.833 bits per heavy atom. The van der Waals surface area contributed by atoms with E-state index in [4.69, 9.17) is 28.9 Å². The van der Waals surface area contributed by atoms with Crippen molar-refractivity contribution in [3.8, 4) is 0 Å². The number of anilines is 5. The Bertz CT molecular complexity index is 871. The number of nitrogens with zero attached hydrogens (tertiary/aromatic N) is 2. The molecule has 5 nitrogen and oxygen atoms in total. The van der Waals surface area contributed by atoms with E-state index in [1.165, 1.54) is 18.5 Å². The highest BCUT2D eigenvalue weighted by molar-refractivity contribution is 6.42. The summed E-state index contributed by atoms with van der Waals surface area (Å²) >= 11 is 11.9. The maximum Gasteiger partial charge on any atom is 0.159 e. The van der Waals surface area contributed by atoms with Gasteiger partial charge < -0.3 is 16.4 Å². The Morgan fingerprint density at radius 3 is 2.04 bits per heavy atom. The average molecular weight is 364 g/mol. The summed E-state index contributed by atoms with van der Waals surface area (Å²) in [7, 11) is 0. The predicted molar refractivity (Wildman–Crippen MR) is 95.9 cm³/mol. The second kappa shape index (κ2) is 6.90. The SMILES string of the molecule is Nc1c(Nc2ccc(F)cc2)ncnc1Nc1ccc(Cl)c(Cl)c1. The third kappa shape index (κ3) is 3.67. The quantitative estimate of drug-likeness (QED) is 0.608. The van der Waals surface area contributed by atoms with Gasteiger partial charge in [0, 0.05) is 11.4 Å². The molecule has 2 aromatic carbocycles. The van der Waals surface area contributed by atoms with Gasteiger partial charge >= 0.3 is 0 Å². The fourth-order valence-corrected chi connectivity index (χ4v) is 2.27. The normalized spacial score (nSPS) is 10.5. The summed E-state index contributed by atoms with van der Waals surface area (Å²) in [5.74, 6) is 0.491. The number of nitrogens with one attached hydrogen (secondary N) is 2. The average Bonchev–Trinajstić information content (AvgIpc) is 2.57. The Hall–Kier alpha value is -2.57. The molecule has 0 aliphatic heterocycles. The van der Waals surface area contributed by atoms with Crippen LogP contribution in [0.2, 0.25) is 10.0 Å². The molecule has 0 saturated heterocycles. The third-order valence-corrected chi connectivity index (χ3v) is 3.91. The molecule has 0 spiro atoms. The third-order valence-electron chi connectivity index (χ3n) is 3.17. The molecular formula is C16H12Cl2FN5. The molecule has 8 heteroatoms. The lowest BCUT2D eigenvalue weighted by Crippen LogP contribution is -2.05. The van der Waals surface area contributed by atoms with Crippen LogP contribution in [0.25, 0.3) is 0 Å². The standard InChI is InChI=1S/C16H12Cl2FN5/c17-12-6-5-11(7-13(12)18)24-16-14(20)15(21-8-22-16)23-10-3-1-9(19)2-4-10/h1-8H,20H2,(H2,21,22,23,24). The van der Waals surface area contributed by atoms with Crippen molar-refractivity contribution >= 4 is 51.9 Å². The first-order valence-electron chi connectivity index (χ1n) is 6.88. The van der Waals surface area contributed by atoms with Crippen LogP contribution in [-0.2, 0) is 0 Å². The van der Waals surface area contributed by atoms with Crippen molar-refractivity contribution in [3.05, 3.63) is 64.7 Å². The Kier molecular flexibility index (Phi) is 4.69. The van der Waals surface area contributed by atoms with Gasteiger partial charge in [0.25, 0.3) is 0 Å². The van der Waals surface area contributed by atoms with Crippen molar-refractivity contribution in [1.82, 2.24) is 9.97 Å². The highest BCUT2D eigenvalue weighted by Crippen LogP contribution is 2.30. The maximum absolute atomic E-state index is 13.0. The molecule has 1 heterocycles. The molecule has 0 aliphatic rings. The highest BCUT2D eigenvalue weighted by Gasteiger charge is 2.09. The van der Waals surface area contributed by atoms with Crippen molar-refractivity contribution in [3.63, 3.8) is 0 Å². The molecule has 122 valence electrons. The minimum Gasteiger partial charge on any atom is -0.393 e. The molecule has 0 unspecified atom stereocenters. The molecule has 0 radical (unpaired) electrons. The van der Waals surface area contributed by atoms with Gasteiger partial charge in [-0.3, -0.25) is 0 Å². The van der Waals surface area contributed by atoms with E-state index in [1.54, 1.807) is 30.3 Å². The lowest BCUT2D eigenvalue weighted by atomic mass is 10.3. The number of halogens is 3. The van der Waals surface area contributed by atoms with Crippen LogP contribution in [0, 0.1) is 5.82 Å². The van der Waals surface area contributed by atoms with Crippen LogP contribution in [0.5, 0.6) is 0 Å². The van der Waals surface area contributed by atoms with Crippen LogP contribution in [-0.4, -0.2) is 9.97 Å². The molecule has 0 amide bonds. The molecule has 0 fully saturated rings. The summed E-state index contributed by atoms with van der Waals surface area (Å²) in [5.41, 5.74) is 7.74. The summed E-state index contributed by atoms with van der Waals surface area (Å²) in [6, 6.07) is 10.9. The first-order chi connectivity index (χ1) is 11.5. The van der Waals surface area contributed by atoms with E-state index in [-0.39, 0.29) is 5.82 Å². The van der Waals surface area contributed by atoms with Gasteiger partial charge in [0.1, 0.15) is 17.8 Å². The van der Waals surface area contributed by atoms with Crippen molar-refractivity contribution in [2.45, 2.75) is 0 Å². The molecule has 0 atom stereocenters. The molecule has 4 N–H and O–H groups in total. The number of aromatic nitrogens is 2. The minimum absolute atomic E-state index is 0.313. The van der Waals surface area contributed by atoms with Gasteiger partial charge in [-0.05, 0) is 42.5 Å². The molecule has 3 rings (SSSR count). The number of benzene rings is 2. The van der Waals surface area contributed by atoms with Gasteiger partial charge in [0.15, 0.2) is 11.6 Å². The second-order valence-electron chi connectivity index (χ2n) is 4.87. The van der Waals surface area contributed by atoms with E-state index in [0.29, 0.717) is 38.7 Å². The Morgan fingerprint density at radius 2 is 1.42 bits per heavy atom. The van der Waals surface area contributed by atoms with E-state index in [0.717, 1.165) is 0 Å². The van der Waals surface area contributed by atoms with Crippen molar-refractivity contribution in [2.24, 2.45) is 0 Å². The zero-order valence-corrected chi connectivity index (χ0v) is 13.7. The largest absolute Gasteiger partial charge is 0.393 e. The first kappa shape index (κ1) is 16.3. The van der Waals surface area contributed by atoms with Crippen LogP contribution >= 0.6 is 23.2 Å². The number of nitrogens with two attached hydrogens (primary N) is 1. The number of rotatable bonds is 4. The number of hydrogen-bond donors (Lipinski definition) is 3. The summed E-state index contributed by atoms with van der Waals surface area (Å²) in [4.78, 5) is 8.22. The first-order valence-corrected chi connectivity index (χ1v) is 7.63. The molecular weight excluding hydrogens is 352 g/mol. The van der Waals surface area contributed by atoms with Crippen LogP contribution in [0.4, 0.5) is 33.1 Å². The monoisotopic (exact) mass is 363 g/mol. The van der Waals surface area contributed by atoms with Crippen LogP contribution in [0.1, 0.15) is 0 Å². The topological polar surface area (TPSA) is 75.9 Å². The lowest BCUT2D eigenvalue weighted by Gasteiger charge is -2.13. The molecule has 0 saturated carbocycles. The van der Waals surface area contributed by atoms with E-state index < -0.39 is 0 Å². The molecule has 0 aliphatic carbocycles. The Labute approximate surface area is 147 Å². The maximum atomic E-state index is 13.0. The van der Waals surface area contributed by atoms with Gasteiger partial charge in [-0.15, -0.1) is 0 Å². The molecule has 3 aromatic rings. The van der Waals surface area contributed by atoms with Crippen molar-refractivity contribution in [2.75, 3.05) is 16.4 Å². The van der Waals surface area contributed by atoms with Gasteiger partial charge in [-0.2, -0.15) is 0 Å². The van der Waals surface area contributed by atoms with E-state index in [2.05, 4.69) is 20.6 Å². The summed E-state index contributed by atoms with van der Waals surface area (Å²) in [6.07, 6.45) is 1.36. The zero-order chi connectivity index (χ0) is 17.1. The van der Waals surface area contributed by atoms with E-state index in [1.807, 2.05) is 0 Å². The zero-order valence-electron chi connectivity index (χ0n) is 12.2. The van der Waals surface area contributed by atoms with Crippen molar-refractivity contribution in [1.29, 1.82) is 0 Å². The highest BCUT2D eigenvalue weighted by atomic mass is 35.5. The van der Waals surface area contributed by atoms with E-state index in [9.17, 15) is 4.39 Å². The second-order valence-corrected chi connectivity index (χ2v) is 5.68.